The average Bonchev–Trinajstić information content (AvgIpc) is 2.80. The maximum atomic E-state index is 12.0. The summed E-state index contributed by atoms with van der Waals surface area (Å²) in [5.74, 6) is -0.766. The lowest BCUT2D eigenvalue weighted by molar-refractivity contribution is -0.133. The molecular formula is C12H18N2O6S2. The van der Waals surface area contributed by atoms with E-state index < -0.39 is 21.9 Å². The molecule has 1 aromatic rings. The summed E-state index contributed by atoms with van der Waals surface area (Å²) in [6, 6.07) is 1.18. The van der Waals surface area contributed by atoms with Crippen LogP contribution in [0.15, 0.2) is 15.6 Å². The maximum absolute atomic E-state index is 12.0. The SMILES string of the molecule is Cc1oc(S(=O)(=O)N(C)C)cc1C(=O)NCCSCC(=O)O. The number of carboxylic acid groups (broad SMARTS) is 1. The topological polar surface area (TPSA) is 117 Å². The molecule has 22 heavy (non-hydrogen) atoms. The van der Waals surface area contributed by atoms with Gasteiger partial charge in [-0.3, -0.25) is 9.59 Å². The Kier molecular flexibility index (Phi) is 6.45. The number of nitrogens with one attached hydrogen (secondary N) is 1. The van der Waals surface area contributed by atoms with Crippen molar-refractivity contribution < 1.29 is 27.5 Å². The fourth-order valence-electron chi connectivity index (χ4n) is 1.48. The normalized spacial score (nSPS) is 11.6. The smallest absolute Gasteiger partial charge is 0.313 e. The van der Waals surface area contributed by atoms with Crippen molar-refractivity contribution in [3.05, 3.63) is 17.4 Å². The van der Waals surface area contributed by atoms with Crippen molar-refractivity contribution in [1.29, 1.82) is 0 Å². The zero-order valence-electron chi connectivity index (χ0n) is 12.5. The average molecular weight is 350 g/mol. The first kappa shape index (κ1) is 18.5. The summed E-state index contributed by atoms with van der Waals surface area (Å²) in [6.45, 7) is 1.78. The highest BCUT2D eigenvalue weighted by atomic mass is 32.2. The summed E-state index contributed by atoms with van der Waals surface area (Å²) in [7, 11) is -0.998. The van der Waals surface area contributed by atoms with Gasteiger partial charge in [-0.2, -0.15) is 0 Å². The third kappa shape index (κ3) is 4.75. The lowest BCUT2D eigenvalue weighted by atomic mass is 10.2. The number of carbonyl (C=O) groups is 2. The fourth-order valence-corrected chi connectivity index (χ4v) is 2.90. The molecule has 0 saturated heterocycles. The summed E-state index contributed by atoms with van der Waals surface area (Å²) in [5, 5.41) is 10.8. The van der Waals surface area contributed by atoms with Crippen molar-refractivity contribution >= 4 is 33.7 Å². The molecule has 1 rings (SSSR count). The molecule has 1 aromatic heterocycles. The number of thioether (sulfide) groups is 1. The molecule has 10 heteroatoms. The number of carbonyl (C=O) groups excluding carboxylic acids is 1. The highest BCUT2D eigenvalue weighted by Gasteiger charge is 2.25. The molecule has 0 fully saturated rings. The molecule has 0 saturated carbocycles. The van der Waals surface area contributed by atoms with Crippen LogP contribution in [0, 0.1) is 6.92 Å². The Morgan fingerprint density at radius 2 is 2.05 bits per heavy atom. The fraction of sp³-hybridized carbons (Fsp3) is 0.500. The number of rotatable bonds is 8. The van der Waals surface area contributed by atoms with Gasteiger partial charge in [-0.1, -0.05) is 0 Å². The second-order valence-electron chi connectivity index (χ2n) is 4.52. The molecular weight excluding hydrogens is 332 g/mol. The molecule has 0 aliphatic heterocycles. The van der Waals surface area contributed by atoms with Gasteiger partial charge in [0, 0.05) is 32.5 Å². The van der Waals surface area contributed by atoms with Crippen molar-refractivity contribution in [1.82, 2.24) is 9.62 Å². The number of nitrogens with zero attached hydrogens (tertiary/aromatic N) is 1. The van der Waals surface area contributed by atoms with E-state index in [-0.39, 0.29) is 28.7 Å². The molecule has 0 spiro atoms. The van der Waals surface area contributed by atoms with Gasteiger partial charge in [0.2, 0.25) is 5.09 Å². The molecule has 8 nitrogen and oxygen atoms in total. The molecule has 1 amide bonds. The first-order valence-electron chi connectivity index (χ1n) is 6.27. The van der Waals surface area contributed by atoms with E-state index in [1.807, 2.05) is 0 Å². The summed E-state index contributed by atoms with van der Waals surface area (Å²) in [6.07, 6.45) is 0. The van der Waals surface area contributed by atoms with Crippen LogP contribution in [0.1, 0.15) is 16.1 Å². The third-order valence-corrected chi connectivity index (χ3v) is 5.25. The first-order chi connectivity index (χ1) is 10.2. The van der Waals surface area contributed by atoms with E-state index in [9.17, 15) is 18.0 Å². The lowest BCUT2D eigenvalue weighted by Crippen LogP contribution is -2.26. The summed E-state index contributed by atoms with van der Waals surface area (Å²) >= 11 is 1.18. The summed E-state index contributed by atoms with van der Waals surface area (Å²) < 4.78 is 30.0. The van der Waals surface area contributed by atoms with E-state index in [1.165, 1.54) is 38.8 Å². The number of hydrogen-bond donors (Lipinski definition) is 2. The van der Waals surface area contributed by atoms with Crippen LogP contribution in [0.4, 0.5) is 0 Å². The quantitative estimate of drug-likeness (QED) is 0.651. The predicted molar refractivity (Wildman–Crippen MR) is 81.6 cm³/mol. The Labute approximate surface area is 132 Å². The molecule has 2 N–H and O–H groups in total. The van der Waals surface area contributed by atoms with E-state index in [4.69, 9.17) is 9.52 Å². The van der Waals surface area contributed by atoms with E-state index in [2.05, 4.69) is 5.32 Å². The Morgan fingerprint density at radius 1 is 1.41 bits per heavy atom. The maximum Gasteiger partial charge on any atom is 0.313 e. The van der Waals surface area contributed by atoms with Gasteiger partial charge in [-0.05, 0) is 6.92 Å². The minimum Gasteiger partial charge on any atom is -0.481 e. The van der Waals surface area contributed by atoms with Crippen molar-refractivity contribution in [2.24, 2.45) is 0 Å². The van der Waals surface area contributed by atoms with Gasteiger partial charge in [0.05, 0.1) is 11.3 Å². The number of sulfonamides is 1. The zero-order valence-corrected chi connectivity index (χ0v) is 14.1. The van der Waals surface area contributed by atoms with Crippen LogP contribution in [-0.4, -0.2) is 61.9 Å². The van der Waals surface area contributed by atoms with Crippen LogP contribution in [0.5, 0.6) is 0 Å². The second kappa shape index (κ2) is 7.65. The Hall–Kier alpha value is -1.52. The number of furan rings is 1. The molecule has 0 atom stereocenters. The zero-order chi connectivity index (χ0) is 16.9. The molecule has 0 bridgehead atoms. The van der Waals surface area contributed by atoms with Gasteiger partial charge in [0.1, 0.15) is 5.76 Å². The summed E-state index contributed by atoms with van der Waals surface area (Å²) in [5.41, 5.74) is 0.142. The van der Waals surface area contributed by atoms with E-state index >= 15 is 0 Å². The molecule has 0 aliphatic rings. The monoisotopic (exact) mass is 350 g/mol. The predicted octanol–water partition coefficient (Wildman–Crippen LogP) is 0.386. The van der Waals surface area contributed by atoms with Crippen LogP contribution in [0.2, 0.25) is 0 Å². The van der Waals surface area contributed by atoms with Gasteiger partial charge in [0.25, 0.3) is 15.9 Å². The Morgan fingerprint density at radius 3 is 2.59 bits per heavy atom. The largest absolute Gasteiger partial charge is 0.481 e. The highest BCUT2D eigenvalue weighted by molar-refractivity contribution is 7.99. The molecule has 0 unspecified atom stereocenters. The van der Waals surface area contributed by atoms with E-state index in [1.54, 1.807) is 0 Å². The molecule has 0 aliphatic carbocycles. The van der Waals surface area contributed by atoms with Gasteiger partial charge in [0.15, 0.2) is 0 Å². The molecule has 124 valence electrons. The van der Waals surface area contributed by atoms with Gasteiger partial charge in [-0.25, -0.2) is 12.7 Å². The Balaban J connectivity index is 2.68. The lowest BCUT2D eigenvalue weighted by Gasteiger charge is -2.07. The van der Waals surface area contributed by atoms with Crippen LogP contribution in [0.3, 0.4) is 0 Å². The number of aliphatic carboxylic acids is 1. The second-order valence-corrected chi connectivity index (χ2v) is 7.71. The van der Waals surface area contributed by atoms with Gasteiger partial charge in [-0.15, -0.1) is 11.8 Å². The minimum atomic E-state index is -3.73. The number of amides is 1. The highest BCUT2D eigenvalue weighted by Crippen LogP contribution is 2.21. The van der Waals surface area contributed by atoms with Crippen molar-refractivity contribution in [2.75, 3.05) is 32.1 Å². The third-order valence-electron chi connectivity index (χ3n) is 2.63. The minimum absolute atomic E-state index is 0.0359. The number of hydrogen-bond acceptors (Lipinski definition) is 6. The first-order valence-corrected chi connectivity index (χ1v) is 8.86. The number of aryl methyl sites for hydroxylation is 1. The van der Waals surface area contributed by atoms with Crippen LogP contribution < -0.4 is 5.32 Å². The van der Waals surface area contributed by atoms with Crippen LogP contribution in [0.25, 0.3) is 0 Å². The Bertz CT molecular complexity index is 651. The molecule has 0 radical (unpaired) electrons. The standard InChI is InChI=1S/C12H18N2O6S2/c1-8-9(6-11(20-8)22(18,19)14(2)3)12(17)13-4-5-21-7-10(15)16/h6H,4-5,7H2,1-3H3,(H,13,17)(H,15,16). The summed E-state index contributed by atoms with van der Waals surface area (Å²) in [4.78, 5) is 22.3. The molecule has 0 aromatic carbocycles. The number of carboxylic acids is 1. The van der Waals surface area contributed by atoms with E-state index in [0.29, 0.717) is 5.75 Å². The van der Waals surface area contributed by atoms with Crippen molar-refractivity contribution in [3.8, 4) is 0 Å². The van der Waals surface area contributed by atoms with E-state index in [0.717, 1.165) is 4.31 Å². The van der Waals surface area contributed by atoms with Crippen molar-refractivity contribution in [2.45, 2.75) is 12.0 Å². The van der Waals surface area contributed by atoms with Crippen molar-refractivity contribution in [3.63, 3.8) is 0 Å². The van der Waals surface area contributed by atoms with Crippen LogP contribution >= 0.6 is 11.8 Å². The van der Waals surface area contributed by atoms with Gasteiger partial charge < -0.3 is 14.8 Å². The van der Waals surface area contributed by atoms with Gasteiger partial charge >= 0.3 is 5.97 Å². The molecule has 1 heterocycles. The van der Waals surface area contributed by atoms with Crippen LogP contribution in [-0.2, 0) is 14.8 Å².